The first-order valence-corrected chi connectivity index (χ1v) is 7.41. The van der Waals surface area contributed by atoms with E-state index in [9.17, 15) is 0 Å². The van der Waals surface area contributed by atoms with Crippen LogP contribution in [0, 0.1) is 5.92 Å². The van der Waals surface area contributed by atoms with Crippen molar-refractivity contribution < 1.29 is 0 Å². The van der Waals surface area contributed by atoms with Gasteiger partial charge >= 0.3 is 0 Å². The summed E-state index contributed by atoms with van der Waals surface area (Å²) < 4.78 is 0. The molecule has 18 heavy (non-hydrogen) atoms. The average molecular weight is 243 g/mol. The van der Waals surface area contributed by atoms with E-state index in [1.807, 2.05) is 12.3 Å². The highest BCUT2D eigenvalue weighted by atomic mass is 15.3. The summed E-state index contributed by atoms with van der Waals surface area (Å²) in [6.45, 7) is 1.10. The van der Waals surface area contributed by atoms with Crippen molar-refractivity contribution in [2.45, 2.75) is 50.6 Å². The smallest absolute Gasteiger partial charge is 0.152 e. The monoisotopic (exact) mass is 243 g/mol. The van der Waals surface area contributed by atoms with Crippen molar-refractivity contribution in [1.29, 1.82) is 0 Å². The number of aromatic nitrogens is 1. The molecule has 4 rings (SSSR count). The molecule has 3 atom stereocenters. The number of nitrogens with zero attached hydrogens (tertiary/aromatic N) is 2. The molecule has 0 spiro atoms. The molecule has 0 radical (unpaired) electrons. The van der Waals surface area contributed by atoms with E-state index in [0.717, 1.165) is 18.5 Å². The maximum atomic E-state index is 4.66. The highest BCUT2D eigenvalue weighted by Gasteiger charge is 2.41. The Morgan fingerprint density at radius 3 is 3.11 bits per heavy atom. The zero-order chi connectivity index (χ0) is 11.9. The van der Waals surface area contributed by atoms with Gasteiger partial charge in [-0.1, -0.05) is 12.8 Å². The molecule has 1 aliphatic carbocycles. The second-order valence-corrected chi connectivity index (χ2v) is 6.01. The van der Waals surface area contributed by atoms with Gasteiger partial charge in [-0.15, -0.1) is 0 Å². The lowest BCUT2D eigenvalue weighted by Gasteiger charge is -2.51. The molecule has 3 unspecified atom stereocenters. The van der Waals surface area contributed by atoms with Crippen LogP contribution in [-0.4, -0.2) is 23.6 Å². The molecule has 1 N–H and O–H groups in total. The van der Waals surface area contributed by atoms with E-state index in [1.54, 1.807) is 0 Å². The van der Waals surface area contributed by atoms with Gasteiger partial charge in [0.1, 0.15) is 0 Å². The summed E-state index contributed by atoms with van der Waals surface area (Å²) in [5.74, 6) is 2.13. The maximum Gasteiger partial charge on any atom is 0.152 e. The van der Waals surface area contributed by atoms with Gasteiger partial charge in [-0.25, -0.2) is 4.98 Å². The van der Waals surface area contributed by atoms with Gasteiger partial charge in [-0.3, -0.25) is 0 Å². The van der Waals surface area contributed by atoms with E-state index < -0.39 is 0 Å². The van der Waals surface area contributed by atoms with Gasteiger partial charge in [0, 0.05) is 24.8 Å². The van der Waals surface area contributed by atoms with Crippen LogP contribution in [0.1, 0.15) is 38.5 Å². The molecule has 1 aromatic rings. The van der Waals surface area contributed by atoms with E-state index in [4.69, 9.17) is 0 Å². The fourth-order valence-corrected chi connectivity index (χ4v) is 4.21. The van der Waals surface area contributed by atoms with Gasteiger partial charge < -0.3 is 10.2 Å². The number of rotatable bonds is 0. The van der Waals surface area contributed by atoms with Crippen molar-refractivity contribution in [3.8, 4) is 0 Å². The third-order valence-electron chi connectivity index (χ3n) is 5.05. The van der Waals surface area contributed by atoms with E-state index in [2.05, 4.69) is 21.3 Å². The number of hydrogen-bond donors (Lipinski definition) is 1. The highest BCUT2D eigenvalue weighted by molar-refractivity contribution is 5.69. The van der Waals surface area contributed by atoms with E-state index in [0.29, 0.717) is 6.04 Å². The normalized spacial score (nSPS) is 34.0. The molecule has 3 heteroatoms. The number of piperidine rings is 1. The van der Waals surface area contributed by atoms with Gasteiger partial charge in [0.25, 0.3) is 0 Å². The third kappa shape index (κ3) is 1.53. The van der Waals surface area contributed by atoms with Crippen LogP contribution in [0.25, 0.3) is 0 Å². The molecule has 0 aromatic carbocycles. The Morgan fingerprint density at radius 2 is 2.11 bits per heavy atom. The zero-order valence-electron chi connectivity index (χ0n) is 10.8. The van der Waals surface area contributed by atoms with Gasteiger partial charge in [0.05, 0.1) is 5.69 Å². The summed E-state index contributed by atoms with van der Waals surface area (Å²) in [5.41, 5.74) is 1.24. The van der Waals surface area contributed by atoms with Crippen LogP contribution in [0.5, 0.6) is 0 Å². The molecule has 2 aliphatic heterocycles. The zero-order valence-corrected chi connectivity index (χ0v) is 10.8. The number of nitrogens with one attached hydrogen (secondary N) is 1. The second-order valence-electron chi connectivity index (χ2n) is 6.01. The molecular weight excluding hydrogens is 222 g/mol. The minimum absolute atomic E-state index is 0.673. The summed E-state index contributed by atoms with van der Waals surface area (Å²) in [5, 5.41) is 3.55. The number of hydrogen-bond acceptors (Lipinski definition) is 3. The van der Waals surface area contributed by atoms with Crippen molar-refractivity contribution in [3.05, 3.63) is 18.3 Å². The average Bonchev–Trinajstić information content (AvgIpc) is 2.46. The van der Waals surface area contributed by atoms with Gasteiger partial charge in [0.2, 0.25) is 0 Å². The largest absolute Gasteiger partial charge is 0.380 e. The van der Waals surface area contributed by atoms with Crippen LogP contribution in [0.2, 0.25) is 0 Å². The lowest BCUT2D eigenvalue weighted by molar-refractivity contribution is 0.214. The molecule has 1 saturated heterocycles. The molecule has 1 saturated carbocycles. The van der Waals surface area contributed by atoms with Crippen molar-refractivity contribution >= 4 is 11.5 Å². The molecule has 0 amide bonds. The molecular formula is C15H21N3. The Balaban J connectivity index is 1.74. The Hall–Kier alpha value is -1.25. The fraction of sp³-hybridized carbons (Fsp3) is 0.667. The van der Waals surface area contributed by atoms with Crippen molar-refractivity contribution in [1.82, 2.24) is 4.98 Å². The summed E-state index contributed by atoms with van der Waals surface area (Å²) >= 11 is 0. The van der Waals surface area contributed by atoms with E-state index in [1.165, 1.54) is 50.0 Å². The predicted octanol–water partition coefficient (Wildman–Crippen LogP) is 3.03. The number of anilines is 2. The van der Waals surface area contributed by atoms with Crippen LogP contribution in [-0.2, 0) is 0 Å². The van der Waals surface area contributed by atoms with Crippen LogP contribution >= 0.6 is 0 Å². The standard InChI is InChI=1S/C15H21N3/c1-2-6-14-11(4-1)7-8-12-10-17-13-5-3-9-16-15(13)18(12)14/h3,5,9,11-12,14,17H,1-2,4,6-8,10H2. The predicted molar refractivity (Wildman–Crippen MR) is 74.0 cm³/mol. The molecule has 3 heterocycles. The molecule has 3 nitrogen and oxygen atoms in total. The Morgan fingerprint density at radius 1 is 1.17 bits per heavy atom. The topological polar surface area (TPSA) is 28.2 Å². The quantitative estimate of drug-likeness (QED) is 0.759. The minimum atomic E-state index is 0.673. The first-order valence-electron chi connectivity index (χ1n) is 7.41. The molecule has 3 aliphatic rings. The lowest BCUT2D eigenvalue weighted by Crippen LogP contribution is -2.57. The summed E-state index contributed by atoms with van der Waals surface area (Å²) in [7, 11) is 0. The lowest BCUT2D eigenvalue weighted by atomic mass is 9.76. The van der Waals surface area contributed by atoms with E-state index in [-0.39, 0.29) is 0 Å². The summed E-state index contributed by atoms with van der Waals surface area (Å²) in [6, 6.07) is 5.64. The number of pyridine rings is 1. The van der Waals surface area contributed by atoms with Crippen LogP contribution in [0.3, 0.4) is 0 Å². The Kier molecular flexibility index (Phi) is 2.45. The van der Waals surface area contributed by atoms with Gasteiger partial charge in [-0.2, -0.15) is 0 Å². The SMILES string of the molecule is c1cnc2c(c1)NCC1CCC3CCCCC3N21. The second kappa shape index (κ2) is 4.15. The third-order valence-corrected chi connectivity index (χ3v) is 5.05. The van der Waals surface area contributed by atoms with Crippen molar-refractivity contribution in [3.63, 3.8) is 0 Å². The van der Waals surface area contributed by atoms with Crippen LogP contribution in [0.4, 0.5) is 11.5 Å². The summed E-state index contributed by atoms with van der Waals surface area (Å²) in [6.07, 6.45) is 10.4. The first-order chi connectivity index (χ1) is 8.93. The Bertz CT molecular complexity index is 445. The fourth-order valence-electron chi connectivity index (χ4n) is 4.21. The molecule has 96 valence electrons. The van der Waals surface area contributed by atoms with Crippen LogP contribution < -0.4 is 10.2 Å². The molecule has 1 aromatic heterocycles. The molecule has 2 fully saturated rings. The van der Waals surface area contributed by atoms with E-state index >= 15 is 0 Å². The maximum absolute atomic E-state index is 4.66. The minimum Gasteiger partial charge on any atom is -0.380 e. The van der Waals surface area contributed by atoms with Crippen molar-refractivity contribution in [2.24, 2.45) is 5.92 Å². The van der Waals surface area contributed by atoms with Gasteiger partial charge in [0.15, 0.2) is 5.82 Å². The Labute approximate surface area is 109 Å². The first kappa shape index (κ1) is 10.7. The number of fused-ring (bicyclic) bond motifs is 5. The molecule has 0 bridgehead atoms. The summed E-state index contributed by atoms with van der Waals surface area (Å²) in [4.78, 5) is 7.32. The van der Waals surface area contributed by atoms with Crippen molar-refractivity contribution in [2.75, 3.05) is 16.8 Å². The van der Waals surface area contributed by atoms with Gasteiger partial charge in [-0.05, 0) is 43.7 Å². The highest BCUT2D eigenvalue weighted by Crippen LogP contribution is 2.43. The van der Waals surface area contributed by atoms with Crippen LogP contribution in [0.15, 0.2) is 18.3 Å².